The highest BCUT2D eigenvalue weighted by Gasteiger charge is 2.51. The van der Waals surface area contributed by atoms with Gasteiger partial charge in [-0.2, -0.15) is 0 Å². The van der Waals surface area contributed by atoms with Crippen LogP contribution in [0.2, 0.25) is 0 Å². The smallest absolute Gasteiger partial charge is 0.227 e. The summed E-state index contributed by atoms with van der Waals surface area (Å²) >= 11 is 0. The Kier molecular flexibility index (Phi) is 2.59. The Hall–Kier alpha value is -1.42. The molecule has 4 heteroatoms. The van der Waals surface area contributed by atoms with Crippen molar-refractivity contribution in [2.24, 2.45) is 5.41 Å². The van der Waals surface area contributed by atoms with Gasteiger partial charge in [0.25, 0.3) is 0 Å². The van der Waals surface area contributed by atoms with Crippen LogP contribution in [0.15, 0.2) is 24.4 Å². The molecule has 3 heterocycles. The minimum atomic E-state index is -0.223. The number of carbonyl (C=O) groups is 1. The minimum absolute atomic E-state index is 0.217. The maximum Gasteiger partial charge on any atom is 0.227 e. The molecule has 2 aliphatic heterocycles. The lowest BCUT2D eigenvalue weighted by Gasteiger charge is -2.36. The molecule has 0 aliphatic carbocycles. The number of nitrogens with one attached hydrogen (secondary N) is 2. The quantitative estimate of drug-likeness (QED) is 0.746. The number of nitrogens with zero attached hydrogens (tertiary/aromatic N) is 1. The summed E-state index contributed by atoms with van der Waals surface area (Å²) in [6.45, 7) is 2.59. The van der Waals surface area contributed by atoms with Gasteiger partial charge in [0.2, 0.25) is 5.91 Å². The fourth-order valence-corrected chi connectivity index (χ4v) is 3.14. The third-order valence-electron chi connectivity index (χ3n) is 4.13. The van der Waals surface area contributed by atoms with Crippen molar-refractivity contribution < 1.29 is 4.79 Å². The summed E-state index contributed by atoms with van der Waals surface area (Å²) < 4.78 is 0. The number of piperidine rings is 1. The van der Waals surface area contributed by atoms with Gasteiger partial charge in [0.05, 0.1) is 5.41 Å². The summed E-state index contributed by atoms with van der Waals surface area (Å²) in [6, 6.07) is 5.96. The molecule has 1 atom stereocenters. The van der Waals surface area contributed by atoms with E-state index in [1.807, 2.05) is 24.4 Å². The van der Waals surface area contributed by atoms with Crippen molar-refractivity contribution in [1.82, 2.24) is 15.6 Å². The number of amides is 1. The van der Waals surface area contributed by atoms with Crippen molar-refractivity contribution in [1.29, 1.82) is 0 Å². The van der Waals surface area contributed by atoms with Crippen molar-refractivity contribution in [2.45, 2.75) is 18.8 Å². The van der Waals surface area contributed by atoms with E-state index in [2.05, 4.69) is 15.6 Å². The highest BCUT2D eigenvalue weighted by Crippen LogP contribution is 2.45. The van der Waals surface area contributed by atoms with Crippen LogP contribution in [0.5, 0.6) is 0 Å². The van der Waals surface area contributed by atoms with Crippen LogP contribution in [0.3, 0.4) is 0 Å². The molecule has 2 fully saturated rings. The van der Waals surface area contributed by atoms with E-state index >= 15 is 0 Å². The average molecular weight is 231 g/mol. The molecular formula is C13H17N3O. The van der Waals surface area contributed by atoms with Gasteiger partial charge < -0.3 is 10.6 Å². The highest BCUT2D eigenvalue weighted by molar-refractivity contribution is 5.86. The van der Waals surface area contributed by atoms with Gasteiger partial charge in [0.15, 0.2) is 0 Å². The largest absolute Gasteiger partial charge is 0.355 e. The lowest BCUT2D eigenvalue weighted by molar-refractivity contribution is -0.129. The van der Waals surface area contributed by atoms with Crippen LogP contribution in [-0.4, -0.2) is 30.5 Å². The Morgan fingerprint density at radius 1 is 1.29 bits per heavy atom. The number of carbonyl (C=O) groups excluding carboxylic acids is 1. The van der Waals surface area contributed by atoms with Crippen LogP contribution < -0.4 is 10.6 Å². The molecule has 17 heavy (non-hydrogen) atoms. The van der Waals surface area contributed by atoms with E-state index in [-0.39, 0.29) is 17.2 Å². The molecule has 3 rings (SSSR count). The lowest BCUT2D eigenvalue weighted by atomic mass is 9.69. The first-order valence-electron chi connectivity index (χ1n) is 6.23. The molecule has 2 N–H and O–H groups in total. The van der Waals surface area contributed by atoms with Crippen LogP contribution in [0, 0.1) is 5.41 Å². The molecule has 2 saturated heterocycles. The SMILES string of the molecule is O=C1NCC(c2ccccn2)C12CCNCC2. The molecule has 1 unspecified atom stereocenters. The number of hydrogen-bond donors (Lipinski definition) is 2. The Labute approximate surface area is 101 Å². The van der Waals surface area contributed by atoms with Crippen LogP contribution in [-0.2, 0) is 4.79 Å². The van der Waals surface area contributed by atoms with Gasteiger partial charge in [-0.25, -0.2) is 0 Å². The number of rotatable bonds is 1. The first-order chi connectivity index (χ1) is 8.33. The lowest BCUT2D eigenvalue weighted by Crippen LogP contribution is -2.44. The van der Waals surface area contributed by atoms with Crippen molar-refractivity contribution in [3.8, 4) is 0 Å². The summed E-state index contributed by atoms with van der Waals surface area (Å²) in [5.41, 5.74) is 0.826. The second kappa shape index (κ2) is 4.11. The van der Waals surface area contributed by atoms with E-state index in [9.17, 15) is 4.79 Å². The number of aromatic nitrogens is 1. The van der Waals surface area contributed by atoms with Gasteiger partial charge in [-0.15, -0.1) is 0 Å². The Bertz CT molecular complexity index is 412. The van der Waals surface area contributed by atoms with Gasteiger partial charge in [0.1, 0.15) is 0 Å². The molecule has 0 saturated carbocycles. The fourth-order valence-electron chi connectivity index (χ4n) is 3.14. The molecule has 1 spiro atoms. The zero-order valence-corrected chi connectivity index (χ0v) is 9.78. The van der Waals surface area contributed by atoms with Crippen LogP contribution in [0.1, 0.15) is 24.5 Å². The predicted octanol–water partition coefficient (Wildman–Crippen LogP) is 0.665. The minimum Gasteiger partial charge on any atom is -0.355 e. The zero-order valence-electron chi connectivity index (χ0n) is 9.78. The van der Waals surface area contributed by atoms with E-state index in [1.165, 1.54) is 0 Å². The molecule has 1 aromatic rings. The Balaban J connectivity index is 1.96. The van der Waals surface area contributed by atoms with E-state index in [1.54, 1.807) is 0 Å². The third-order valence-corrected chi connectivity index (χ3v) is 4.13. The summed E-state index contributed by atoms with van der Waals surface area (Å²) in [5.74, 6) is 0.452. The van der Waals surface area contributed by atoms with Gasteiger partial charge in [-0.05, 0) is 38.1 Å². The van der Waals surface area contributed by atoms with Gasteiger partial charge >= 0.3 is 0 Å². The molecule has 90 valence electrons. The second-order valence-electron chi connectivity index (χ2n) is 4.92. The first-order valence-corrected chi connectivity index (χ1v) is 6.23. The van der Waals surface area contributed by atoms with Crippen molar-refractivity contribution in [2.75, 3.05) is 19.6 Å². The first kappa shape index (κ1) is 10.7. The number of hydrogen-bond acceptors (Lipinski definition) is 3. The second-order valence-corrected chi connectivity index (χ2v) is 4.92. The van der Waals surface area contributed by atoms with E-state index in [0.29, 0.717) is 0 Å². The monoisotopic (exact) mass is 231 g/mol. The summed E-state index contributed by atoms with van der Waals surface area (Å²) in [7, 11) is 0. The molecule has 1 amide bonds. The maximum absolute atomic E-state index is 12.2. The molecule has 4 nitrogen and oxygen atoms in total. The molecule has 0 radical (unpaired) electrons. The average Bonchev–Trinajstić information content (AvgIpc) is 2.69. The van der Waals surface area contributed by atoms with E-state index in [0.717, 1.165) is 38.2 Å². The molecule has 2 aliphatic rings. The van der Waals surface area contributed by atoms with Crippen molar-refractivity contribution >= 4 is 5.91 Å². The number of pyridine rings is 1. The third kappa shape index (κ3) is 1.63. The normalized spacial score (nSPS) is 27.1. The Morgan fingerprint density at radius 3 is 2.82 bits per heavy atom. The van der Waals surface area contributed by atoms with Crippen molar-refractivity contribution in [3.63, 3.8) is 0 Å². The highest BCUT2D eigenvalue weighted by atomic mass is 16.2. The van der Waals surface area contributed by atoms with Crippen LogP contribution in [0.4, 0.5) is 0 Å². The molecule has 1 aromatic heterocycles. The zero-order chi connectivity index (χ0) is 11.7. The maximum atomic E-state index is 12.2. The topological polar surface area (TPSA) is 54.0 Å². The van der Waals surface area contributed by atoms with E-state index in [4.69, 9.17) is 0 Å². The summed E-state index contributed by atoms with van der Waals surface area (Å²) in [4.78, 5) is 16.6. The molecular weight excluding hydrogens is 214 g/mol. The summed E-state index contributed by atoms with van der Waals surface area (Å²) in [5, 5.41) is 6.35. The van der Waals surface area contributed by atoms with Crippen LogP contribution >= 0.6 is 0 Å². The summed E-state index contributed by atoms with van der Waals surface area (Å²) in [6.07, 6.45) is 3.65. The van der Waals surface area contributed by atoms with Crippen molar-refractivity contribution in [3.05, 3.63) is 30.1 Å². The van der Waals surface area contributed by atoms with Gasteiger partial charge in [0, 0.05) is 24.4 Å². The molecule has 0 bridgehead atoms. The predicted molar refractivity (Wildman–Crippen MR) is 64.5 cm³/mol. The van der Waals surface area contributed by atoms with E-state index < -0.39 is 0 Å². The Morgan fingerprint density at radius 2 is 2.12 bits per heavy atom. The standard InChI is InChI=1S/C13H17N3O/c17-12-13(4-7-14-8-5-13)10(9-16-12)11-3-1-2-6-15-11/h1-3,6,10,14H,4-5,7-9H2,(H,16,17). The fraction of sp³-hybridized carbons (Fsp3) is 0.538. The van der Waals surface area contributed by atoms with Gasteiger partial charge in [-0.1, -0.05) is 6.07 Å². The molecule has 0 aromatic carbocycles. The van der Waals surface area contributed by atoms with Crippen LogP contribution in [0.25, 0.3) is 0 Å². The van der Waals surface area contributed by atoms with Gasteiger partial charge in [-0.3, -0.25) is 9.78 Å².